The molecule has 0 aliphatic rings. The summed E-state index contributed by atoms with van der Waals surface area (Å²) < 4.78 is 14.1. The standard InChI is InChI=1S/C14H15BrFN3/c1-19(2)14-13(4-3-7-17-14)18-9-10-8-11(16)5-6-12(10)15/h3-8,18H,9H2,1-2H3. The molecule has 0 aliphatic carbocycles. The van der Waals surface area contributed by atoms with Crippen molar-refractivity contribution in [1.29, 1.82) is 0 Å². The quantitative estimate of drug-likeness (QED) is 0.930. The zero-order valence-electron chi connectivity index (χ0n) is 10.8. The van der Waals surface area contributed by atoms with Gasteiger partial charge in [-0.05, 0) is 35.9 Å². The van der Waals surface area contributed by atoms with E-state index in [0.717, 1.165) is 21.5 Å². The second-order valence-corrected chi connectivity index (χ2v) is 5.21. The number of benzene rings is 1. The molecule has 0 saturated carbocycles. The van der Waals surface area contributed by atoms with Crippen LogP contribution in [0.3, 0.4) is 0 Å². The van der Waals surface area contributed by atoms with Gasteiger partial charge in [-0.1, -0.05) is 15.9 Å². The van der Waals surface area contributed by atoms with Crippen LogP contribution in [0.1, 0.15) is 5.56 Å². The third-order valence-corrected chi connectivity index (χ3v) is 3.46. The summed E-state index contributed by atoms with van der Waals surface area (Å²) in [5.74, 6) is 0.619. The fourth-order valence-corrected chi connectivity index (χ4v) is 2.15. The Balaban J connectivity index is 2.17. The molecular weight excluding hydrogens is 309 g/mol. The summed E-state index contributed by atoms with van der Waals surface area (Å²) in [6.07, 6.45) is 1.75. The Kier molecular flexibility index (Phi) is 4.37. The summed E-state index contributed by atoms with van der Waals surface area (Å²) in [6.45, 7) is 0.533. The third-order valence-electron chi connectivity index (χ3n) is 2.69. The largest absolute Gasteiger partial charge is 0.378 e. The molecule has 0 bridgehead atoms. The van der Waals surface area contributed by atoms with Gasteiger partial charge in [0.15, 0.2) is 5.82 Å². The van der Waals surface area contributed by atoms with Crippen LogP contribution in [0.2, 0.25) is 0 Å². The molecule has 19 heavy (non-hydrogen) atoms. The second kappa shape index (κ2) is 6.02. The van der Waals surface area contributed by atoms with Gasteiger partial charge in [0, 0.05) is 31.3 Å². The Morgan fingerprint density at radius 3 is 2.84 bits per heavy atom. The van der Waals surface area contributed by atoms with Crippen molar-refractivity contribution in [1.82, 2.24) is 4.98 Å². The Labute approximate surface area is 120 Å². The Morgan fingerprint density at radius 1 is 1.32 bits per heavy atom. The van der Waals surface area contributed by atoms with Crippen LogP contribution in [0.25, 0.3) is 0 Å². The molecule has 0 aliphatic heterocycles. The fourth-order valence-electron chi connectivity index (χ4n) is 1.76. The van der Waals surface area contributed by atoms with Crippen LogP contribution in [-0.2, 0) is 6.54 Å². The van der Waals surface area contributed by atoms with Crippen LogP contribution in [0.4, 0.5) is 15.9 Å². The van der Waals surface area contributed by atoms with Crippen molar-refractivity contribution >= 4 is 27.4 Å². The van der Waals surface area contributed by atoms with E-state index in [1.165, 1.54) is 12.1 Å². The summed E-state index contributed by atoms with van der Waals surface area (Å²) >= 11 is 3.42. The van der Waals surface area contributed by atoms with Crippen molar-refractivity contribution in [2.24, 2.45) is 0 Å². The predicted octanol–water partition coefficient (Wildman–Crippen LogP) is 3.66. The predicted molar refractivity (Wildman–Crippen MR) is 80.0 cm³/mol. The van der Waals surface area contributed by atoms with Crippen LogP contribution >= 0.6 is 15.9 Å². The van der Waals surface area contributed by atoms with Crippen LogP contribution < -0.4 is 10.2 Å². The summed E-state index contributed by atoms with van der Waals surface area (Å²) in [5, 5.41) is 3.28. The number of aromatic nitrogens is 1. The maximum Gasteiger partial charge on any atom is 0.151 e. The molecule has 0 unspecified atom stereocenters. The first kappa shape index (κ1) is 13.8. The normalized spacial score (nSPS) is 10.3. The van der Waals surface area contributed by atoms with Gasteiger partial charge in [-0.25, -0.2) is 9.37 Å². The van der Waals surface area contributed by atoms with Gasteiger partial charge >= 0.3 is 0 Å². The number of rotatable bonds is 4. The van der Waals surface area contributed by atoms with Gasteiger partial charge in [0.05, 0.1) is 5.69 Å². The Hall–Kier alpha value is -1.62. The Morgan fingerprint density at radius 2 is 2.11 bits per heavy atom. The monoisotopic (exact) mass is 323 g/mol. The summed E-state index contributed by atoms with van der Waals surface area (Å²) in [4.78, 5) is 6.24. The lowest BCUT2D eigenvalue weighted by molar-refractivity contribution is 0.625. The first-order chi connectivity index (χ1) is 9.08. The SMILES string of the molecule is CN(C)c1ncccc1NCc1cc(F)ccc1Br. The van der Waals surface area contributed by atoms with Gasteiger partial charge in [-0.15, -0.1) is 0 Å². The highest BCUT2D eigenvalue weighted by molar-refractivity contribution is 9.10. The van der Waals surface area contributed by atoms with Gasteiger partial charge < -0.3 is 10.2 Å². The number of pyridine rings is 1. The summed E-state index contributed by atoms with van der Waals surface area (Å²) in [5.41, 5.74) is 1.79. The summed E-state index contributed by atoms with van der Waals surface area (Å²) in [7, 11) is 3.87. The van der Waals surface area contributed by atoms with E-state index >= 15 is 0 Å². The Bertz CT molecular complexity index is 572. The van der Waals surface area contributed by atoms with E-state index in [1.807, 2.05) is 31.1 Å². The average Bonchev–Trinajstić information content (AvgIpc) is 2.40. The first-order valence-electron chi connectivity index (χ1n) is 5.88. The van der Waals surface area contributed by atoms with Crippen molar-refractivity contribution in [3.63, 3.8) is 0 Å². The minimum absolute atomic E-state index is 0.237. The lowest BCUT2D eigenvalue weighted by Crippen LogP contribution is -2.13. The minimum atomic E-state index is -0.237. The van der Waals surface area contributed by atoms with E-state index in [4.69, 9.17) is 0 Å². The topological polar surface area (TPSA) is 28.2 Å². The highest BCUT2D eigenvalue weighted by atomic mass is 79.9. The smallest absolute Gasteiger partial charge is 0.151 e. The van der Waals surface area contributed by atoms with Crippen LogP contribution in [0.5, 0.6) is 0 Å². The molecule has 0 fully saturated rings. The zero-order valence-corrected chi connectivity index (χ0v) is 12.4. The number of halogens is 2. The minimum Gasteiger partial charge on any atom is -0.378 e. The molecule has 1 aromatic heterocycles. The van der Waals surface area contributed by atoms with Crippen molar-refractivity contribution in [3.8, 4) is 0 Å². The zero-order chi connectivity index (χ0) is 13.8. The van der Waals surface area contributed by atoms with E-state index in [0.29, 0.717) is 6.54 Å². The van der Waals surface area contributed by atoms with Gasteiger partial charge in [0.25, 0.3) is 0 Å². The lowest BCUT2D eigenvalue weighted by atomic mass is 10.2. The number of hydrogen-bond acceptors (Lipinski definition) is 3. The van der Waals surface area contributed by atoms with Crippen molar-refractivity contribution in [2.45, 2.75) is 6.54 Å². The maximum absolute atomic E-state index is 13.2. The fraction of sp³-hybridized carbons (Fsp3) is 0.214. The number of nitrogens with one attached hydrogen (secondary N) is 1. The van der Waals surface area contributed by atoms with Gasteiger partial charge in [-0.2, -0.15) is 0 Å². The number of hydrogen-bond donors (Lipinski definition) is 1. The molecule has 5 heteroatoms. The summed E-state index contributed by atoms with van der Waals surface area (Å²) in [6, 6.07) is 8.49. The second-order valence-electron chi connectivity index (χ2n) is 4.36. The third kappa shape index (κ3) is 3.44. The van der Waals surface area contributed by atoms with Gasteiger partial charge in [0.2, 0.25) is 0 Å². The molecule has 100 valence electrons. The molecule has 0 saturated heterocycles. The first-order valence-corrected chi connectivity index (χ1v) is 6.67. The molecule has 0 spiro atoms. The molecule has 1 aromatic carbocycles. The molecule has 2 aromatic rings. The van der Waals surface area contributed by atoms with E-state index in [1.54, 1.807) is 12.3 Å². The van der Waals surface area contributed by atoms with Crippen molar-refractivity contribution < 1.29 is 4.39 Å². The molecular formula is C14H15BrFN3. The molecule has 0 amide bonds. The van der Waals surface area contributed by atoms with Gasteiger partial charge in [0.1, 0.15) is 5.82 Å². The van der Waals surface area contributed by atoms with E-state index in [-0.39, 0.29) is 5.82 Å². The molecule has 3 nitrogen and oxygen atoms in total. The number of anilines is 2. The van der Waals surface area contributed by atoms with E-state index in [9.17, 15) is 4.39 Å². The van der Waals surface area contributed by atoms with Crippen LogP contribution in [-0.4, -0.2) is 19.1 Å². The molecule has 0 atom stereocenters. The molecule has 1 heterocycles. The maximum atomic E-state index is 13.2. The molecule has 2 rings (SSSR count). The number of nitrogens with zero attached hydrogens (tertiary/aromatic N) is 2. The molecule has 1 N–H and O–H groups in total. The van der Waals surface area contributed by atoms with E-state index < -0.39 is 0 Å². The highest BCUT2D eigenvalue weighted by Crippen LogP contribution is 2.23. The van der Waals surface area contributed by atoms with Gasteiger partial charge in [-0.3, -0.25) is 0 Å². The average molecular weight is 324 g/mol. The highest BCUT2D eigenvalue weighted by Gasteiger charge is 2.06. The molecule has 0 radical (unpaired) electrons. The van der Waals surface area contributed by atoms with Crippen LogP contribution in [0, 0.1) is 5.82 Å². The van der Waals surface area contributed by atoms with Crippen LogP contribution in [0.15, 0.2) is 41.0 Å². The van der Waals surface area contributed by atoms with E-state index in [2.05, 4.69) is 26.2 Å². The van der Waals surface area contributed by atoms with Crippen molar-refractivity contribution in [3.05, 3.63) is 52.4 Å². The van der Waals surface area contributed by atoms with Crippen molar-refractivity contribution in [2.75, 3.05) is 24.3 Å². The lowest BCUT2D eigenvalue weighted by Gasteiger charge is -2.17.